The number of benzene rings is 2. The van der Waals surface area contributed by atoms with Gasteiger partial charge in [-0.1, -0.05) is 18.2 Å². The van der Waals surface area contributed by atoms with E-state index in [-0.39, 0.29) is 5.91 Å². The van der Waals surface area contributed by atoms with Crippen LogP contribution >= 0.6 is 31.9 Å². The third-order valence-electron chi connectivity index (χ3n) is 4.13. The molecule has 0 saturated carbocycles. The largest absolute Gasteiger partial charge is 0.460 e. The zero-order valence-corrected chi connectivity index (χ0v) is 17.5. The van der Waals surface area contributed by atoms with E-state index in [0.717, 1.165) is 25.6 Å². The summed E-state index contributed by atoms with van der Waals surface area (Å²) in [5.41, 5.74) is 2.62. The van der Waals surface area contributed by atoms with Crippen LogP contribution < -0.4 is 5.32 Å². The van der Waals surface area contributed by atoms with Gasteiger partial charge in [0.1, 0.15) is 11.5 Å². The standard InChI is InChI=1S/C21H14Br2N2O2/c1-12-6-9-20(27-12)19-11-15(14-4-2-3-5-18(14)25-19)21(26)24-13-7-8-16(22)17(23)10-13/h2-11H,1H3,(H,24,26). The molecule has 0 aliphatic rings. The van der Waals surface area contributed by atoms with E-state index < -0.39 is 0 Å². The second-order valence-electron chi connectivity index (χ2n) is 6.07. The molecule has 2 aromatic heterocycles. The van der Waals surface area contributed by atoms with Gasteiger partial charge in [-0.15, -0.1) is 0 Å². The molecule has 0 bridgehead atoms. The van der Waals surface area contributed by atoms with Gasteiger partial charge in [-0.2, -0.15) is 0 Å². The van der Waals surface area contributed by atoms with Crippen LogP contribution in [0.25, 0.3) is 22.4 Å². The summed E-state index contributed by atoms with van der Waals surface area (Å²) in [5, 5.41) is 3.74. The first-order valence-corrected chi connectivity index (χ1v) is 9.83. The minimum absolute atomic E-state index is 0.202. The zero-order valence-electron chi connectivity index (χ0n) is 14.3. The molecule has 0 saturated heterocycles. The number of fused-ring (bicyclic) bond motifs is 1. The Bertz CT molecular complexity index is 1170. The molecular formula is C21H14Br2N2O2. The molecule has 4 nitrogen and oxygen atoms in total. The van der Waals surface area contributed by atoms with Crippen LogP contribution in [0.3, 0.4) is 0 Å². The molecule has 1 amide bonds. The number of amides is 1. The lowest BCUT2D eigenvalue weighted by Crippen LogP contribution is -2.13. The highest BCUT2D eigenvalue weighted by atomic mass is 79.9. The van der Waals surface area contributed by atoms with Gasteiger partial charge in [0, 0.05) is 20.0 Å². The number of aryl methyl sites for hydroxylation is 1. The number of halogens is 2. The molecule has 0 fully saturated rings. The molecule has 0 aliphatic heterocycles. The first-order valence-electron chi connectivity index (χ1n) is 8.24. The third kappa shape index (κ3) is 3.68. The number of anilines is 1. The number of hydrogen-bond acceptors (Lipinski definition) is 3. The van der Waals surface area contributed by atoms with Crippen molar-refractivity contribution in [2.24, 2.45) is 0 Å². The van der Waals surface area contributed by atoms with Crippen LogP contribution in [0.4, 0.5) is 5.69 Å². The number of hydrogen-bond donors (Lipinski definition) is 1. The van der Waals surface area contributed by atoms with E-state index in [4.69, 9.17) is 4.42 Å². The quantitative estimate of drug-likeness (QED) is 0.356. The summed E-state index contributed by atoms with van der Waals surface area (Å²) in [6.07, 6.45) is 0. The topological polar surface area (TPSA) is 55.1 Å². The Morgan fingerprint density at radius 3 is 2.56 bits per heavy atom. The zero-order chi connectivity index (χ0) is 19.0. The number of carbonyl (C=O) groups excluding carboxylic acids is 1. The molecule has 4 rings (SSSR count). The van der Waals surface area contributed by atoms with Gasteiger partial charge >= 0.3 is 0 Å². The highest BCUT2D eigenvalue weighted by Crippen LogP contribution is 2.29. The van der Waals surface area contributed by atoms with Crippen molar-refractivity contribution in [3.05, 3.63) is 80.9 Å². The predicted octanol–water partition coefficient (Wildman–Crippen LogP) is 6.58. The van der Waals surface area contributed by atoms with Crippen LogP contribution in [0.15, 0.2) is 74.0 Å². The van der Waals surface area contributed by atoms with Crippen molar-refractivity contribution in [3.8, 4) is 11.5 Å². The van der Waals surface area contributed by atoms with Gasteiger partial charge in [0.15, 0.2) is 5.76 Å². The van der Waals surface area contributed by atoms with Gasteiger partial charge in [-0.25, -0.2) is 4.98 Å². The Morgan fingerprint density at radius 1 is 1.00 bits per heavy atom. The average molecular weight is 486 g/mol. The number of nitrogens with zero attached hydrogens (tertiary/aromatic N) is 1. The highest BCUT2D eigenvalue weighted by Gasteiger charge is 2.16. The molecule has 0 atom stereocenters. The van der Waals surface area contributed by atoms with Crippen LogP contribution in [0.5, 0.6) is 0 Å². The minimum atomic E-state index is -0.202. The van der Waals surface area contributed by atoms with E-state index in [1.54, 1.807) is 6.07 Å². The lowest BCUT2D eigenvalue weighted by atomic mass is 10.1. The molecule has 4 aromatic rings. The maximum Gasteiger partial charge on any atom is 0.256 e. The van der Waals surface area contributed by atoms with Crippen molar-refractivity contribution in [1.29, 1.82) is 0 Å². The SMILES string of the molecule is Cc1ccc(-c2cc(C(=O)Nc3ccc(Br)c(Br)c3)c3ccccc3n2)o1. The van der Waals surface area contributed by atoms with Crippen LogP contribution in [-0.4, -0.2) is 10.9 Å². The van der Waals surface area contributed by atoms with Gasteiger partial charge in [-0.05, 0) is 81.2 Å². The molecule has 0 aliphatic carbocycles. The molecule has 2 aromatic carbocycles. The number of para-hydroxylation sites is 1. The lowest BCUT2D eigenvalue weighted by molar-refractivity contribution is 0.102. The average Bonchev–Trinajstić information content (AvgIpc) is 3.10. The molecule has 27 heavy (non-hydrogen) atoms. The van der Waals surface area contributed by atoms with Crippen LogP contribution in [0.1, 0.15) is 16.1 Å². The van der Waals surface area contributed by atoms with E-state index in [2.05, 4.69) is 42.2 Å². The Hall–Kier alpha value is -2.44. The van der Waals surface area contributed by atoms with E-state index in [1.807, 2.05) is 61.5 Å². The third-order valence-corrected chi connectivity index (χ3v) is 6.01. The monoisotopic (exact) mass is 484 g/mol. The van der Waals surface area contributed by atoms with Crippen molar-refractivity contribution < 1.29 is 9.21 Å². The second kappa shape index (κ2) is 7.29. The summed E-state index contributed by atoms with van der Waals surface area (Å²) in [7, 11) is 0. The van der Waals surface area contributed by atoms with E-state index in [1.165, 1.54) is 0 Å². The van der Waals surface area contributed by atoms with Crippen LogP contribution in [0, 0.1) is 6.92 Å². The fraction of sp³-hybridized carbons (Fsp3) is 0.0476. The first kappa shape index (κ1) is 17.9. The maximum absolute atomic E-state index is 13.0. The van der Waals surface area contributed by atoms with Gasteiger partial charge < -0.3 is 9.73 Å². The fourth-order valence-corrected chi connectivity index (χ4v) is 3.46. The summed E-state index contributed by atoms with van der Waals surface area (Å²) in [5.74, 6) is 1.23. The Kier molecular flexibility index (Phi) is 4.85. The van der Waals surface area contributed by atoms with Gasteiger partial charge in [-0.3, -0.25) is 4.79 Å². The lowest BCUT2D eigenvalue weighted by Gasteiger charge is -2.10. The number of pyridine rings is 1. The first-order chi connectivity index (χ1) is 13.0. The summed E-state index contributed by atoms with van der Waals surface area (Å²) in [4.78, 5) is 17.7. The van der Waals surface area contributed by atoms with Crippen molar-refractivity contribution >= 4 is 54.4 Å². The van der Waals surface area contributed by atoms with Crippen LogP contribution in [0.2, 0.25) is 0 Å². The van der Waals surface area contributed by atoms with Gasteiger partial charge in [0.25, 0.3) is 5.91 Å². The predicted molar refractivity (Wildman–Crippen MR) is 114 cm³/mol. The van der Waals surface area contributed by atoms with Crippen LogP contribution in [-0.2, 0) is 0 Å². The number of aromatic nitrogens is 1. The Morgan fingerprint density at radius 2 is 1.81 bits per heavy atom. The number of rotatable bonds is 3. The van der Waals surface area contributed by atoms with Crippen molar-refractivity contribution in [2.75, 3.05) is 5.32 Å². The highest BCUT2D eigenvalue weighted by molar-refractivity contribution is 9.13. The Labute approximate surface area is 172 Å². The summed E-state index contributed by atoms with van der Waals surface area (Å²) < 4.78 is 7.48. The van der Waals surface area contributed by atoms with E-state index in [0.29, 0.717) is 22.7 Å². The molecular weight excluding hydrogens is 472 g/mol. The van der Waals surface area contributed by atoms with E-state index >= 15 is 0 Å². The number of furan rings is 1. The molecule has 134 valence electrons. The molecule has 0 spiro atoms. The summed E-state index contributed by atoms with van der Waals surface area (Å²) in [6, 6.07) is 18.7. The molecule has 6 heteroatoms. The normalized spacial score (nSPS) is 10.9. The minimum Gasteiger partial charge on any atom is -0.460 e. The molecule has 0 unspecified atom stereocenters. The number of carbonyl (C=O) groups is 1. The molecule has 1 N–H and O–H groups in total. The Balaban J connectivity index is 1.79. The molecule has 0 radical (unpaired) electrons. The van der Waals surface area contributed by atoms with E-state index in [9.17, 15) is 4.79 Å². The molecule has 2 heterocycles. The van der Waals surface area contributed by atoms with Crippen molar-refractivity contribution in [1.82, 2.24) is 4.98 Å². The van der Waals surface area contributed by atoms with Crippen molar-refractivity contribution in [2.45, 2.75) is 6.92 Å². The van der Waals surface area contributed by atoms with Crippen molar-refractivity contribution in [3.63, 3.8) is 0 Å². The summed E-state index contributed by atoms with van der Waals surface area (Å²) in [6.45, 7) is 1.88. The second-order valence-corrected chi connectivity index (χ2v) is 7.77. The maximum atomic E-state index is 13.0. The summed E-state index contributed by atoms with van der Waals surface area (Å²) >= 11 is 6.89. The number of nitrogens with one attached hydrogen (secondary N) is 1. The fourth-order valence-electron chi connectivity index (χ4n) is 2.83. The van der Waals surface area contributed by atoms with Gasteiger partial charge in [0.2, 0.25) is 0 Å². The smallest absolute Gasteiger partial charge is 0.256 e. The van der Waals surface area contributed by atoms with Gasteiger partial charge in [0.05, 0.1) is 11.1 Å².